The van der Waals surface area contributed by atoms with E-state index < -0.39 is 6.23 Å². The lowest BCUT2D eigenvalue weighted by Gasteiger charge is -2.37. The van der Waals surface area contributed by atoms with Crippen molar-refractivity contribution in [1.82, 2.24) is 5.01 Å². The molecule has 4 aromatic rings. The van der Waals surface area contributed by atoms with Gasteiger partial charge < -0.3 is 4.74 Å². The molecule has 166 valence electrons. The quantitative estimate of drug-likeness (QED) is 0.313. The Hall–Kier alpha value is -3.89. The average Bonchev–Trinajstić information content (AvgIpc) is 3.35. The number of benzene rings is 4. The highest BCUT2D eigenvalue weighted by Crippen LogP contribution is 2.44. The van der Waals surface area contributed by atoms with Crippen LogP contribution < -0.4 is 4.74 Å². The molecular weight excluding hydrogens is 444 g/mol. The molecule has 0 spiro atoms. The molecule has 2 heterocycles. The highest BCUT2D eigenvalue weighted by atomic mass is 35.5. The first-order valence-electron chi connectivity index (χ1n) is 11.2. The number of fused-ring (bicyclic) bond motifs is 3. The van der Waals surface area contributed by atoms with E-state index in [4.69, 9.17) is 21.4 Å². The van der Waals surface area contributed by atoms with Crippen LogP contribution in [0.3, 0.4) is 0 Å². The molecule has 2 aliphatic heterocycles. The second-order valence-corrected chi connectivity index (χ2v) is 8.91. The van der Waals surface area contributed by atoms with Crippen molar-refractivity contribution in [2.45, 2.75) is 18.7 Å². The maximum absolute atomic E-state index is 13.6. The smallest absolute Gasteiger partial charge is 0.251 e. The Bertz CT molecular complexity index is 1390. The number of carbonyl (C=O) groups is 1. The highest BCUT2D eigenvalue weighted by molar-refractivity contribution is 6.30. The summed E-state index contributed by atoms with van der Waals surface area (Å²) in [5, 5.41) is 7.30. The molecule has 4 aromatic carbocycles. The number of ether oxygens (including phenoxy) is 1. The molecule has 0 bridgehead atoms. The summed E-state index contributed by atoms with van der Waals surface area (Å²) in [4.78, 5) is 13.6. The van der Waals surface area contributed by atoms with E-state index in [1.165, 1.54) is 0 Å². The lowest BCUT2D eigenvalue weighted by atomic mass is 9.95. The van der Waals surface area contributed by atoms with Crippen molar-refractivity contribution in [2.24, 2.45) is 5.10 Å². The van der Waals surface area contributed by atoms with Crippen molar-refractivity contribution < 1.29 is 9.53 Å². The topological polar surface area (TPSA) is 41.9 Å². The van der Waals surface area contributed by atoms with Crippen LogP contribution >= 0.6 is 11.6 Å². The van der Waals surface area contributed by atoms with Crippen LogP contribution in [0.4, 0.5) is 0 Å². The van der Waals surface area contributed by atoms with Gasteiger partial charge in [0.15, 0.2) is 0 Å². The first-order chi connectivity index (χ1) is 16.7. The molecule has 0 fully saturated rings. The van der Waals surface area contributed by atoms with Gasteiger partial charge in [0.2, 0.25) is 5.78 Å². The minimum Gasteiger partial charge on any atom is -0.461 e. The molecule has 0 aromatic heterocycles. The summed E-state index contributed by atoms with van der Waals surface area (Å²) in [6, 6.07) is 33.2. The summed E-state index contributed by atoms with van der Waals surface area (Å²) in [5.41, 5.74) is 5.68. The molecule has 4 nitrogen and oxygen atoms in total. The van der Waals surface area contributed by atoms with Crippen LogP contribution in [-0.4, -0.2) is 22.7 Å². The fraction of sp³-hybridized carbons (Fsp3) is 0.103. The van der Waals surface area contributed by atoms with Crippen molar-refractivity contribution >= 4 is 23.1 Å². The van der Waals surface area contributed by atoms with Crippen LogP contribution in [0.5, 0.6) is 5.75 Å². The van der Waals surface area contributed by atoms with Gasteiger partial charge in [0, 0.05) is 22.6 Å². The molecule has 0 unspecified atom stereocenters. The minimum atomic E-state index is -0.845. The molecule has 2 atom stereocenters. The molecule has 34 heavy (non-hydrogen) atoms. The van der Waals surface area contributed by atoms with E-state index in [0.29, 0.717) is 22.8 Å². The van der Waals surface area contributed by atoms with Gasteiger partial charge in [-0.15, -0.1) is 0 Å². The number of ketones is 1. The van der Waals surface area contributed by atoms with Gasteiger partial charge in [0.25, 0.3) is 6.23 Å². The average molecular weight is 465 g/mol. The van der Waals surface area contributed by atoms with Crippen LogP contribution in [0.15, 0.2) is 108 Å². The fourth-order valence-corrected chi connectivity index (χ4v) is 4.82. The molecule has 0 amide bonds. The van der Waals surface area contributed by atoms with Gasteiger partial charge in [-0.2, -0.15) is 5.10 Å². The van der Waals surface area contributed by atoms with Gasteiger partial charge in [0.05, 0.1) is 11.8 Å². The Morgan fingerprint density at radius 3 is 2.18 bits per heavy atom. The van der Waals surface area contributed by atoms with Crippen LogP contribution in [0.2, 0.25) is 5.02 Å². The molecule has 0 aliphatic carbocycles. The normalized spacial score (nSPS) is 18.5. The Morgan fingerprint density at radius 1 is 0.824 bits per heavy atom. The summed E-state index contributed by atoms with van der Waals surface area (Å²) in [5.74, 6) is 0.553. The molecule has 0 N–H and O–H groups in total. The molecule has 6 rings (SSSR count). The van der Waals surface area contributed by atoms with E-state index in [0.717, 1.165) is 28.0 Å². The predicted molar refractivity (Wildman–Crippen MR) is 134 cm³/mol. The van der Waals surface area contributed by atoms with Crippen molar-refractivity contribution in [3.05, 3.63) is 125 Å². The lowest BCUT2D eigenvalue weighted by Crippen LogP contribution is -2.45. The molecule has 0 saturated heterocycles. The number of hydrogen-bond donors (Lipinski definition) is 0. The molecule has 0 saturated carbocycles. The zero-order valence-electron chi connectivity index (χ0n) is 18.3. The fourth-order valence-electron chi connectivity index (χ4n) is 4.64. The Kier molecular flexibility index (Phi) is 5.16. The predicted octanol–water partition coefficient (Wildman–Crippen LogP) is 6.76. The third kappa shape index (κ3) is 3.66. The third-order valence-electron chi connectivity index (χ3n) is 6.36. The second kappa shape index (κ2) is 8.47. The summed E-state index contributed by atoms with van der Waals surface area (Å²) in [6.07, 6.45) is -0.167. The van der Waals surface area contributed by atoms with Gasteiger partial charge in [-0.05, 0) is 34.9 Å². The van der Waals surface area contributed by atoms with E-state index in [1.54, 1.807) is 11.1 Å². The summed E-state index contributed by atoms with van der Waals surface area (Å²) >= 11 is 6.30. The largest absolute Gasteiger partial charge is 0.461 e. The monoisotopic (exact) mass is 464 g/mol. The first kappa shape index (κ1) is 20.7. The van der Waals surface area contributed by atoms with E-state index >= 15 is 0 Å². The van der Waals surface area contributed by atoms with Crippen molar-refractivity contribution in [3.63, 3.8) is 0 Å². The number of nitrogens with zero attached hydrogens (tertiary/aromatic N) is 2. The number of Topliss-reactive ketones (excluding diaryl/α,β-unsaturated/α-hetero) is 1. The van der Waals surface area contributed by atoms with E-state index in [1.807, 2.05) is 84.9 Å². The zero-order chi connectivity index (χ0) is 23.1. The van der Waals surface area contributed by atoms with Crippen LogP contribution in [-0.2, 0) is 0 Å². The van der Waals surface area contributed by atoms with Gasteiger partial charge >= 0.3 is 0 Å². The molecule has 2 aliphatic rings. The van der Waals surface area contributed by atoms with Gasteiger partial charge in [0.1, 0.15) is 5.75 Å². The summed E-state index contributed by atoms with van der Waals surface area (Å²) < 4.78 is 6.23. The number of hydrogen-bond acceptors (Lipinski definition) is 4. The minimum absolute atomic E-state index is 0.116. The van der Waals surface area contributed by atoms with Crippen molar-refractivity contribution in [3.8, 4) is 16.9 Å². The summed E-state index contributed by atoms with van der Waals surface area (Å²) in [6.45, 7) is 0. The second-order valence-electron chi connectivity index (χ2n) is 8.47. The zero-order valence-corrected chi connectivity index (χ0v) is 19.0. The van der Waals surface area contributed by atoms with Crippen LogP contribution in [0, 0.1) is 0 Å². The molecule has 5 heteroatoms. The third-order valence-corrected chi connectivity index (χ3v) is 6.59. The SMILES string of the molecule is O=C(c1ccc(-c2ccccc2)cc1)[C@@H]1Oc2ccc(Cl)cc2[C@@H]2CC(c3ccccc3)=NN12. The number of rotatable bonds is 4. The van der Waals surface area contributed by atoms with Crippen molar-refractivity contribution in [1.29, 1.82) is 0 Å². The van der Waals surface area contributed by atoms with Crippen molar-refractivity contribution in [2.75, 3.05) is 0 Å². The molecule has 0 radical (unpaired) electrons. The van der Waals surface area contributed by atoms with Gasteiger partial charge in [-0.1, -0.05) is 96.5 Å². The van der Waals surface area contributed by atoms with E-state index in [9.17, 15) is 4.79 Å². The molecular formula is C29H21ClN2O2. The van der Waals surface area contributed by atoms with Crippen LogP contribution in [0.25, 0.3) is 11.1 Å². The van der Waals surface area contributed by atoms with E-state index in [2.05, 4.69) is 12.1 Å². The number of hydrazone groups is 1. The Balaban J connectivity index is 1.36. The Labute approximate surface area is 203 Å². The maximum atomic E-state index is 13.6. The summed E-state index contributed by atoms with van der Waals surface area (Å²) in [7, 11) is 0. The van der Waals surface area contributed by atoms with Gasteiger partial charge in [-0.3, -0.25) is 4.79 Å². The standard InChI is InChI=1S/C29H21ClN2O2/c30-23-15-16-27-24(17-23)26-18-25(21-9-5-2-6-10-21)31-32(26)29(34-27)28(33)22-13-11-20(12-14-22)19-7-3-1-4-8-19/h1-17,26,29H,18H2/t26-,29-/m0/s1. The number of carbonyl (C=O) groups excluding carboxylic acids is 1. The van der Waals surface area contributed by atoms with E-state index in [-0.39, 0.29) is 11.8 Å². The Morgan fingerprint density at radius 2 is 1.47 bits per heavy atom. The maximum Gasteiger partial charge on any atom is 0.251 e. The number of halogens is 1. The van der Waals surface area contributed by atoms with Crippen LogP contribution in [0.1, 0.15) is 33.9 Å². The highest BCUT2D eigenvalue weighted by Gasteiger charge is 2.43. The first-order valence-corrected chi connectivity index (χ1v) is 11.6. The van der Waals surface area contributed by atoms with Gasteiger partial charge in [-0.25, -0.2) is 5.01 Å². The lowest BCUT2D eigenvalue weighted by molar-refractivity contribution is -0.00454.